The number of benzene rings is 1. The van der Waals surface area contributed by atoms with Crippen molar-refractivity contribution in [2.75, 3.05) is 0 Å². The number of ether oxygens (including phenoxy) is 1. The molecule has 0 radical (unpaired) electrons. The Morgan fingerprint density at radius 1 is 1.28 bits per heavy atom. The summed E-state index contributed by atoms with van der Waals surface area (Å²) in [5.74, 6) is 1.87. The number of halogens is 1. The van der Waals surface area contributed by atoms with Gasteiger partial charge in [-0.05, 0) is 55.4 Å². The molecular formula is C15H22BrNO. The standard InChI is InChI=1S/C15H22BrNO/c1-2-11-3-5-13(6-4-11)18-14-7-8-15(16)12(9-14)10-17/h7-9,11,13H,2-6,10,17H2,1H3. The van der Waals surface area contributed by atoms with Crippen LogP contribution in [-0.4, -0.2) is 6.10 Å². The fraction of sp³-hybridized carbons (Fsp3) is 0.600. The first-order valence-corrected chi connectivity index (χ1v) is 7.67. The van der Waals surface area contributed by atoms with Gasteiger partial charge in [0.15, 0.2) is 0 Å². The van der Waals surface area contributed by atoms with Crippen molar-refractivity contribution in [3.05, 3.63) is 28.2 Å². The molecule has 2 N–H and O–H groups in total. The van der Waals surface area contributed by atoms with Gasteiger partial charge in [-0.15, -0.1) is 0 Å². The summed E-state index contributed by atoms with van der Waals surface area (Å²) in [7, 11) is 0. The molecule has 2 nitrogen and oxygen atoms in total. The second-order valence-electron chi connectivity index (χ2n) is 5.13. The van der Waals surface area contributed by atoms with Crippen molar-refractivity contribution in [1.29, 1.82) is 0 Å². The van der Waals surface area contributed by atoms with Crippen LogP contribution < -0.4 is 10.5 Å². The summed E-state index contributed by atoms with van der Waals surface area (Å²) >= 11 is 3.50. The van der Waals surface area contributed by atoms with E-state index in [4.69, 9.17) is 10.5 Å². The van der Waals surface area contributed by atoms with Crippen LogP contribution in [0.15, 0.2) is 22.7 Å². The molecule has 2 rings (SSSR count). The Morgan fingerprint density at radius 3 is 2.61 bits per heavy atom. The van der Waals surface area contributed by atoms with Crippen LogP contribution in [0.3, 0.4) is 0 Å². The van der Waals surface area contributed by atoms with Crippen molar-refractivity contribution in [3.8, 4) is 5.75 Å². The van der Waals surface area contributed by atoms with Gasteiger partial charge < -0.3 is 10.5 Å². The molecule has 0 spiro atoms. The highest BCUT2D eigenvalue weighted by Gasteiger charge is 2.21. The average Bonchev–Trinajstić information content (AvgIpc) is 2.42. The molecule has 1 aliphatic carbocycles. The van der Waals surface area contributed by atoms with Crippen LogP contribution in [-0.2, 0) is 6.54 Å². The molecule has 18 heavy (non-hydrogen) atoms. The van der Waals surface area contributed by atoms with Crippen molar-refractivity contribution in [2.24, 2.45) is 11.7 Å². The molecule has 0 aliphatic heterocycles. The van der Waals surface area contributed by atoms with Gasteiger partial charge in [-0.3, -0.25) is 0 Å². The minimum atomic E-state index is 0.389. The fourth-order valence-corrected chi connectivity index (χ4v) is 3.04. The highest BCUT2D eigenvalue weighted by Crippen LogP contribution is 2.30. The van der Waals surface area contributed by atoms with Crippen molar-refractivity contribution >= 4 is 15.9 Å². The molecule has 100 valence electrons. The number of hydrogen-bond acceptors (Lipinski definition) is 2. The van der Waals surface area contributed by atoms with Crippen molar-refractivity contribution in [3.63, 3.8) is 0 Å². The van der Waals surface area contributed by atoms with Gasteiger partial charge in [0.2, 0.25) is 0 Å². The van der Waals surface area contributed by atoms with Crippen LogP contribution in [0.1, 0.15) is 44.6 Å². The summed E-state index contributed by atoms with van der Waals surface area (Å²) in [6, 6.07) is 6.10. The molecule has 1 aromatic carbocycles. The molecule has 1 aliphatic rings. The van der Waals surface area contributed by atoms with E-state index in [1.165, 1.54) is 32.1 Å². The summed E-state index contributed by atoms with van der Waals surface area (Å²) < 4.78 is 7.13. The van der Waals surface area contributed by atoms with E-state index in [9.17, 15) is 0 Å². The zero-order valence-electron chi connectivity index (χ0n) is 11.0. The van der Waals surface area contributed by atoms with Crippen molar-refractivity contribution in [2.45, 2.75) is 51.7 Å². The van der Waals surface area contributed by atoms with Crippen molar-refractivity contribution < 1.29 is 4.74 Å². The predicted octanol–water partition coefficient (Wildman–Crippen LogP) is 4.26. The molecule has 0 saturated heterocycles. The second-order valence-corrected chi connectivity index (χ2v) is 5.98. The van der Waals surface area contributed by atoms with Crippen molar-refractivity contribution in [1.82, 2.24) is 0 Å². The zero-order valence-corrected chi connectivity index (χ0v) is 12.6. The van der Waals surface area contributed by atoms with E-state index in [1.54, 1.807) is 0 Å². The van der Waals surface area contributed by atoms with Crippen LogP contribution in [0.25, 0.3) is 0 Å². The SMILES string of the molecule is CCC1CCC(Oc2ccc(Br)c(CN)c2)CC1. The van der Waals surface area contributed by atoms with Crippen LogP contribution in [0.4, 0.5) is 0 Å². The monoisotopic (exact) mass is 311 g/mol. The predicted molar refractivity (Wildman–Crippen MR) is 78.7 cm³/mol. The molecular weight excluding hydrogens is 290 g/mol. The molecule has 0 amide bonds. The number of hydrogen-bond donors (Lipinski definition) is 1. The van der Waals surface area contributed by atoms with Gasteiger partial charge in [0.05, 0.1) is 6.10 Å². The maximum absolute atomic E-state index is 6.07. The third kappa shape index (κ3) is 3.48. The largest absolute Gasteiger partial charge is 0.490 e. The van der Waals surface area contributed by atoms with Crippen LogP contribution in [0.2, 0.25) is 0 Å². The van der Waals surface area contributed by atoms with Gasteiger partial charge in [0.1, 0.15) is 5.75 Å². The Kier molecular flexibility index (Phi) is 5.07. The lowest BCUT2D eigenvalue weighted by molar-refractivity contribution is 0.130. The first-order chi connectivity index (χ1) is 8.72. The molecule has 0 bridgehead atoms. The highest BCUT2D eigenvalue weighted by molar-refractivity contribution is 9.10. The van der Waals surface area contributed by atoms with Gasteiger partial charge in [-0.25, -0.2) is 0 Å². The van der Waals surface area contributed by atoms with Crippen LogP contribution in [0, 0.1) is 5.92 Å². The maximum Gasteiger partial charge on any atom is 0.120 e. The second kappa shape index (κ2) is 6.58. The summed E-state index contributed by atoms with van der Waals surface area (Å²) in [4.78, 5) is 0. The third-order valence-electron chi connectivity index (χ3n) is 3.91. The van der Waals surface area contributed by atoms with E-state index in [1.807, 2.05) is 12.1 Å². The highest BCUT2D eigenvalue weighted by atomic mass is 79.9. The first kappa shape index (κ1) is 13.9. The Bertz CT molecular complexity index is 386. The summed E-state index contributed by atoms with van der Waals surface area (Å²) in [6.07, 6.45) is 6.68. The zero-order chi connectivity index (χ0) is 13.0. The van der Waals surface area contributed by atoms with E-state index in [0.717, 1.165) is 21.7 Å². The molecule has 0 unspecified atom stereocenters. The lowest BCUT2D eigenvalue weighted by Gasteiger charge is -2.28. The number of rotatable bonds is 4. The molecule has 0 heterocycles. The van der Waals surface area contributed by atoms with E-state index in [-0.39, 0.29) is 0 Å². The summed E-state index contributed by atoms with van der Waals surface area (Å²) in [5.41, 5.74) is 6.81. The summed E-state index contributed by atoms with van der Waals surface area (Å²) in [5, 5.41) is 0. The average molecular weight is 312 g/mol. The van der Waals surface area contributed by atoms with Gasteiger partial charge >= 0.3 is 0 Å². The lowest BCUT2D eigenvalue weighted by Crippen LogP contribution is -2.23. The molecule has 1 fully saturated rings. The van der Waals surface area contributed by atoms with Crippen LogP contribution >= 0.6 is 15.9 Å². The Morgan fingerprint density at radius 2 is 2.00 bits per heavy atom. The molecule has 0 aromatic heterocycles. The van der Waals surface area contributed by atoms with Gasteiger partial charge in [-0.2, -0.15) is 0 Å². The quantitative estimate of drug-likeness (QED) is 0.902. The van der Waals surface area contributed by atoms with E-state index in [0.29, 0.717) is 12.6 Å². The van der Waals surface area contributed by atoms with E-state index >= 15 is 0 Å². The maximum atomic E-state index is 6.07. The van der Waals surface area contributed by atoms with Gasteiger partial charge in [-0.1, -0.05) is 29.3 Å². The third-order valence-corrected chi connectivity index (χ3v) is 4.68. The lowest BCUT2D eigenvalue weighted by atomic mass is 9.86. The first-order valence-electron chi connectivity index (χ1n) is 6.88. The van der Waals surface area contributed by atoms with E-state index < -0.39 is 0 Å². The Labute approximate surface area is 118 Å². The Balaban J connectivity index is 1.94. The molecule has 1 aromatic rings. The molecule has 0 atom stereocenters. The van der Waals surface area contributed by atoms with Gasteiger partial charge in [0.25, 0.3) is 0 Å². The number of nitrogens with two attached hydrogens (primary N) is 1. The molecule has 1 saturated carbocycles. The van der Waals surface area contributed by atoms with Crippen LogP contribution in [0.5, 0.6) is 5.75 Å². The summed E-state index contributed by atoms with van der Waals surface area (Å²) in [6.45, 7) is 2.83. The smallest absolute Gasteiger partial charge is 0.120 e. The molecule has 3 heteroatoms. The van der Waals surface area contributed by atoms with E-state index in [2.05, 4.69) is 28.9 Å². The fourth-order valence-electron chi connectivity index (χ4n) is 2.63. The Hall–Kier alpha value is -0.540. The van der Waals surface area contributed by atoms with Gasteiger partial charge in [0, 0.05) is 11.0 Å². The topological polar surface area (TPSA) is 35.2 Å². The minimum absolute atomic E-state index is 0.389. The normalized spacial score (nSPS) is 23.9. The minimum Gasteiger partial charge on any atom is -0.490 e.